The highest BCUT2D eigenvalue weighted by atomic mass is 14.9. The van der Waals surface area contributed by atoms with E-state index in [0.29, 0.717) is 0 Å². The molecule has 92 valence electrons. The zero-order valence-electron chi connectivity index (χ0n) is 10.6. The Bertz CT molecular complexity index is 670. The van der Waals surface area contributed by atoms with Gasteiger partial charge in [-0.2, -0.15) is 0 Å². The highest BCUT2D eigenvalue weighted by molar-refractivity contribution is 5.94. The standard InChI is InChI=1S/C15H17N3/c1-2-3-4-6-12-10-18-8-5-7-14(18)13-9-16-11-17-15(12)13/h5,7-11H,2-4,6H2,1H3. The van der Waals surface area contributed by atoms with Gasteiger partial charge in [0.05, 0.1) is 11.0 Å². The summed E-state index contributed by atoms with van der Waals surface area (Å²) in [7, 11) is 0. The van der Waals surface area contributed by atoms with E-state index in [-0.39, 0.29) is 0 Å². The Kier molecular flexibility index (Phi) is 2.97. The minimum Gasteiger partial charge on any atom is -0.323 e. The van der Waals surface area contributed by atoms with Crippen molar-refractivity contribution in [2.45, 2.75) is 32.6 Å². The third-order valence-corrected chi connectivity index (χ3v) is 3.42. The average Bonchev–Trinajstić information content (AvgIpc) is 2.87. The van der Waals surface area contributed by atoms with Crippen molar-refractivity contribution in [1.82, 2.24) is 14.4 Å². The number of fused-ring (bicyclic) bond motifs is 3. The van der Waals surface area contributed by atoms with Gasteiger partial charge in [-0.05, 0) is 30.5 Å². The largest absolute Gasteiger partial charge is 0.323 e. The van der Waals surface area contributed by atoms with Crippen LogP contribution in [0.25, 0.3) is 16.4 Å². The summed E-state index contributed by atoms with van der Waals surface area (Å²) in [5.41, 5.74) is 3.61. The van der Waals surface area contributed by atoms with Crippen LogP contribution in [-0.2, 0) is 6.42 Å². The van der Waals surface area contributed by atoms with Gasteiger partial charge in [0.2, 0.25) is 0 Å². The van der Waals surface area contributed by atoms with Crippen molar-refractivity contribution in [3.8, 4) is 0 Å². The fourth-order valence-corrected chi connectivity index (χ4v) is 2.49. The second-order valence-corrected chi connectivity index (χ2v) is 4.70. The molecule has 3 aromatic rings. The smallest absolute Gasteiger partial charge is 0.116 e. The predicted octanol–water partition coefficient (Wildman–Crippen LogP) is 3.62. The zero-order chi connectivity index (χ0) is 12.4. The summed E-state index contributed by atoms with van der Waals surface area (Å²) < 4.78 is 2.17. The van der Waals surface area contributed by atoms with Gasteiger partial charge in [0.25, 0.3) is 0 Å². The first-order valence-corrected chi connectivity index (χ1v) is 6.58. The van der Waals surface area contributed by atoms with Crippen molar-refractivity contribution in [2.75, 3.05) is 0 Å². The minimum absolute atomic E-state index is 1.09. The van der Waals surface area contributed by atoms with Crippen LogP contribution in [0.5, 0.6) is 0 Å². The van der Waals surface area contributed by atoms with E-state index >= 15 is 0 Å². The molecule has 0 aliphatic carbocycles. The van der Waals surface area contributed by atoms with E-state index in [1.807, 2.05) is 6.20 Å². The van der Waals surface area contributed by atoms with Crippen LogP contribution >= 0.6 is 0 Å². The van der Waals surface area contributed by atoms with Crippen LogP contribution in [0.2, 0.25) is 0 Å². The Morgan fingerprint density at radius 1 is 1.28 bits per heavy atom. The summed E-state index contributed by atoms with van der Waals surface area (Å²) in [5.74, 6) is 0. The van der Waals surface area contributed by atoms with Gasteiger partial charge >= 0.3 is 0 Å². The number of aryl methyl sites for hydroxylation is 1. The lowest BCUT2D eigenvalue weighted by Gasteiger charge is -2.08. The van der Waals surface area contributed by atoms with Crippen LogP contribution in [-0.4, -0.2) is 14.4 Å². The molecule has 0 saturated carbocycles. The second-order valence-electron chi connectivity index (χ2n) is 4.70. The van der Waals surface area contributed by atoms with Crippen LogP contribution in [0.3, 0.4) is 0 Å². The van der Waals surface area contributed by atoms with Gasteiger partial charge in [0.1, 0.15) is 6.33 Å². The van der Waals surface area contributed by atoms with Crippen molar-refractivity contribution >= 4 is 16.4 Å². The summed E-state index contributed by atoms with van der Waals surface area (Å²) in [6, 6.07) is 4.18. The van der Waals surface area contributed by atoms with Crippen LogP contribution in [0.4, 0.5) is 0 Å². The molecule has 3 heteroatoms. The Morgan fingerprint density at radius 2 is 2.22 bits per heavy atom. The van der Waals surface area contributed by atoms with Crippen LogP contribution in [0.1, 0.15) is 31.7 Å². The van der Waals surface area contributed by atoms with Crippen molar-refractivity contribution in [3.63, 3.8) is 0 Å². The average molecular weight is 239 g/mol. The molecule has 0 N–H and O–H groups in total. The Balaban J connectivity index is 2.14. The summed E-state index contributed by atoms with van der Waals surface area (Å²) in [6.07, 6.45) is 12.7. The molecule has 3 nitrogen and oxygen atoms in total. The summed E-state index contributed by atoms with van der Waals surface area (Å²) in [4.78, 5) is 8.62. The Labute approximate surface area is 106 Å². The maximum atomic E-state index is 4.47. The summed E-state index contributed by atoms with van der Waals surface area (Å²) in [6.45, 7) is 2.23. The zero-order valence-corrected chi connectivity index (χ0v) is 10.6. The van der Waals surface area contributed by atoms with Crippen molar-refractivity contribution < 1.29 is 0 Å². The van der Waals surface area contributed by atoms with Gasteiger partial charge in [-0.3, -0.25) is 0 Å². The molecule has 0 fully saturated rings. The number of nitrogens with zero attached hydrogens (tertiary/aromatic N) is 3. The molecular weight excluding hydrogens is 222 g/mol. The maximum Gasteiger partial charge on any atom is 0.116 e. The van der Waals surface area contributed by atoms with E-state index in [1.165, 1.54) is 30.3 Å². The Hall–Kier alpha value is -1.90. The minimum atomic E-state index is 1.09. The monoisotopic (exact) mass is 239 g/mol. The first-order valence-electron chi connectivity index (χ1n) is 6.58. The first kappa shape index (κ1) is 11.2. The molecule has 18 heavy (non-hydrogen) atoms. The van der Waals surface area contributed by atoms with Crippen molar-refractivity contribution in [3.05, 3.63) is 42.6 Å². The lowest BCUT2D eigenvalue weighted by Crippen LogP contribution is -1.96. The molecule has 0 bridgehead atoms. The fraction of sp³-hybridized carbons (Fsp3) is 0.333. The highest BCUT2D eigenvalue weighted by Crippen LogP contribution is 2.23. The van der Waals surface area contributed by atoms with E-state index < -0.39 is 0 Å². The molecular formula is C15H17N3. The van der Waals surface area contributed by atoms with E-state index in [0.717, 1.165) is 17.3 Å². The van der Waals surface area contributed by atoms with Gasteiger partial charge in [-0.25, -0.2) is 9.97 Å². The molecule has 0 spiro atoms. The van der Waals surface area contributed by atoms with E-state index in [1.54, 1.807) is 6.33 Å². The highest BCUT2D eigenvalue weighted by Gasteiger charge is 2.07. The lowest BCUT2D eigenvalue weighted by atomic mass is 10.1. The fourth-order valence-electron chi connectivity index (χ4n) is 2.49. The molecule has 3 rings (SSSR count). The quantitative estimate of drug-likeness (QED) is 0.651. The number of rotatable bonds is 4. The van der Waals surface area contributed by atoms with Gasteiger partial charge in [0, 0.05) is 24.0 Å². The number of hydrogen-bond acceptors (Lipinski definition) is 2. The molecule has 0 radical (unpaired) electrons. The van der Waals surface area contributed by atoms with Crippen LogP contribution in [0.15, 0.2) is 37.1 Å². The van der Waals surface area contributed by atoms with Gasteiger partial charge in [-0.15, -0.1) is 0 Å². The first-order chi connectivity index (χ1) is 8.90. The molecule has 0 aliphatic rings. The topological polar surface area (TPSA) is 30.2 Å². The molecule has 0 aromatic carbocycles. The van der Waals surface area contributed by atoms with E-state index in [4.69, 9.17) is 0 Å². The normalized spacial score (nSPS) is 11.4. The van der Waals surface area contributed by atoms with Gasteiger partial charge < -0.3 is 4.40 Å². The molecule has 0 saturated heterocycles. The van der Waals surface area contributed by atoms with Crippen LogP contribution < -0.4 is 0 Å². The molecule has 3 aromatic heterocycles. The molecule has 0 unspecified atom stereocenters. The van der Waals surface area contributed by atoms with Crippen molar-refractivity contribution in [1.29, 1.82) is 0 Å². The molecule has 3 heterocycles. The SMILES string of the molecule is CCCCCc1cn2cccc2c2cncnc12. The van der Waals surface area contributed by atoms with E-state index in [2.05, 4.69) is 45.8 Å². The second kappa shape index (κ2) is 4.77. The number of hydrogen-bond donors (Lipinski definition) is 0. The third kappa shape index (κ3) is 1.86. The molecule has 0 aliphatic heterocycles. The number of unbranched alkanes of at least 4 members (excludes halogenated alkanes) is 2. The van der Waals surface area contributed by atoms with Gasteiger partial charge in [0.15, 0.2) is 0 Å². The summed E-state index contributed by atoms with van der Waals surface area (Å²) in [5, 5.41) is 1.15. The summed E-state index contributed by atoms with van der Waals surface area (Å²) >= 11 is 0. The maximum absolute atomic E-state index is 4.47. The van der Waals surface area contributed by atoms with E-state index in [9.17, 15) is 0 Å². The molecule has 0 atom stereocenters. The van der Waals surface area contributed by atoms with Gasteiger partial charge in [-0.1, -0.05) is 19.8 Å². The third-order valence-electron chi connectivity index (χ3n) is 3.42. The predicted molar refractivity (Wildman–Crippen MR) is 73.7 cm³/mol. The number of aromatic nitrogens is 3. The molecule has 0 amide bonds. The van der Waals surface area contributed by atoms with Crippen molar-refractivity contribution in [2.24, 2.45) is 0 Å². The van der Waals surface area contributed by atoms with Crippen LogP contribution in [0, 0.1) is 0 Å². The number of pyridine rings is 1. The lowest BCUT2D eigenvalue weighted by molar-refractivity contribution is 0.717. The Morgan fingerprint density at radius 3 is 3.11 bits per heavy atom.